The molecule has 7 heteroatoms. The molecular formula is C26H28N4O2S. The van der Waals surface area contributed by atoms with Gasteiger partial charge in [0, 0.05) is 12.2 Å². The zero-order valence-corrected chi connectivity index (χ0v) is 20.2. The van der Waals surface area contributed by atoms with Crippen LogP contribution in [0.5, 0.6) is 5.75 Å². The Kier molecular flexibility index (Phi) is 6.99. The van der Waals surface area contributed by atoms with E-state index in [9.17, 15) is 4.79 Å². The van der Waals surface area contributed by atoms with E-state index in [0.717, 1.165) is 28.4 Å². The van der Waals surface area contributed by atoms with Crippen molar-refractivity contribution < 1.29 is 9.53 Å². The molecule has 1 heterocycles. The number of aryl methyl sites for hydroxylation is 3. The number of thioether (sulfide) groups is 1. The Bertz CT molecular complexity index is 1300. The lowest BCUT2D eigenvalue weighted by atomic mass is 10.0. The van der Waals surface area contributed by atoms with E-state index in [1.165, 1.54) is 28.1 Å². The van der Waals surface area contributed by atoms with E-state index < -0.39 is 0 Å². The number of nitrogens with one attached hydrogen (secondary N) is 1. The highest BCUT2D eigenvalue weighted by Crippen LogP contribution is 2.28. The van der Waals surface area contributed by atoms with Crippen LogP contribution in [-0.2, 0) is 17.9 Å². The van der Waals surface area contributed by atoms with Gasteiger partial charge >= 0.3 is 0 Å². The van der Waals surface area contributed by atoms with Crippen LogP contribution < -0.4 is 10.1 Å². The number of carbonyl (C=O) groups excluding carboxylic acids is 1. The summed E-state index contributed by atoms with van der Waals surface area (Å²) in [5, 5.41) is 14.6. The number of hydrogen-bond acceptors (Lipinski definition) is 5. The van der Waals surface area contributed by atoms with E-state index >= 15 is 0 Å². The molecule has 1 amide bonds. The van der Waals surface area contributed by atoms with Crippen molar-refractivity contribution in [2.24, 2.45) is 0 Å². The summed E-state index contributed by atoms with van der Waals surface area (Å²) in [6.45, 7) is 9.20. The Morgan fingerprint density at radius 2 is 1.85 bits per heavy atom. The highest BCUT2D eigenvalue weighted by atomic mass is 32.2. The van der Waals surface area contributed by atoms with Crippen molar-refractivity contribution in [1.82, 2.24) is 14.8 Å². The molecule has 0 spiro atoms. The molecule has 1 aromatic heterocycles. The number of aromatic nitrogens is 3. The van der Waals surface area contributed by atoms with Gasteiger partial charge in [-0.05, 0) is 73.4 Å². The van der Waals surface area contributed by atoms with Crippen LogP contribution in [0.25, 0.3) is 10.8 Å². The first-order chi connectivity index (χ1) is 16.0. The molecule has 1 N–H and O–H groups in total. The lowest BCUT2D eigenvalue weighted by molar-refractivity contribution is -0.113. The number of hydrogen-bond donors (Lipinski definition) is 1. The highest BCUT2D eigenvalue weighted by Gasteiger charge is 2.15. The molecule has 6 nitrogen and oxygen atoms in total. The predicted molar refractivity (Wildman–Crippen MR) is 134 cm³/mol. The van der Waals surface area contributed by atoms with Gasteiger partial charge in [-0.2, -0.15) is 0 Å². The Morgan fingerprint density at radius 1 is 1.03 bits per heavy atom. The van der Waals surface area contributed by atoms with Gasteiger partial charge in [0.15, 0.2) is 11.0 Å². The number of rotatable bonds is 8. The Labute approximate surface area is 198 Å². The van der Waals surface area contributed by atoms with E-state index in [2.05, 4.69) is 47.6 Å². The molecule has 33 heavy (non-hydrogen) atoms. The van der Waals surface area contributed by atoms with Crippen LogP contribution in [0.4, 0.5) is 5.69 Å². The van der Waals surface area contributed by atoms with Gasteiger partial charge in [-0.3, -0.25) is 4.79 Å². The van der Waals surface area contributed by atoms with Crippen LogP contribution in [0, 0.1) is 20.8 Å². The van der Waals surface area contributed by atoms with Gasteiger partial charge in [-0.15, -0.1) is 10.2 Å². The molecule has 4 aromatic rings. The third-order valence-corrected chi connectivity index (χ3v) is 6.70. The minimum absolute atomic E-state index is 0.0708. The highest BCUT2D eigenvalue weighted by molar-refractivity contribution is 7.99. The topological polar surface area (TPSA) is 69.0 Å². The molecular weight excluding hydrogens is 432 g/mol. The van der Waals surface area contributed by atoms with Crippen molar-refractivity contribution in [3.05, 3.63) is 77.1 Å². The lowest BCUT2D eigenvalue weighted by Gasteiger charge is -2.12. The summed E-state index contributed by atoms with van der Waals surface area (Å²) in [7, 11) is 0. The first kappa shape index (κ1) is 22.9. The second-order valence-corrected chi connectivity index (χ2v) is 8.92. The average molecular weight is 461 g/mol. The second kappa shape index (κ2) is 10.1. The maximum absolute atomic E-state index is 12.4. The van der Waals surface area contributed by atoms with Gasteiger partial charge in [0.25, 0.3) is 0 Å². The van der Waals surface area contributed by atoms with Crippen molar-refractivity contribution in [2.45, 2.75) is 46.0 Å². The quantitative estimate of drug-likeness (QED) is 0.342. The minimum atomic E-state index is -0.0708. The zero-order valence-electron chi connectivity index (χ0n) is 19.4. The van der Waals surface area contributed by atoms with Gasteiger partial charge in [0.05, 0.1) is 5.75 Å². The summed E-state index contributed by atoms with van der Waals surface area (Å²) < 4.78 is 8.09. The summed E-state index contributed by atoms with van der Waals surface area (Å²) >= 11 is 1.38. The SMILES string of the molecule is CCn1c(COc2ccc3ccccc3c2C)nnc1SCC(=O)Nc1ccc(C)c(C)c1. The van der Waals surface area contributed by atoms with Crippen LogP contribution in [0.3, 0.4) is 0 Å². The summed E-state index contributed by atoms with van der Waals surface area (Å²) in [4.78, 5) is 12.4. The first-order valence-corrected chi connectivity index (χ1v) is 12.0. The monoisotopic (exact) mass is 460 g/mol. The molecule has 0 saturated heterocycles. The van der Waals surface area contributed by atoms with E-state index in [4.69, 9.17) is 4.74 Å². The average Bonchev–Trinajstić information content (AvgIpc) is 3.21. The van der Waals surface area contributed by atoms with E-state index in [0.29, 0.717) is 18.3 Å². The van der Waals surface area contributed by atoms with Crippen LogP contribution >= 0.6 is 11.8 Å². The fourth-order valence-corrected chi connectivity index (χ4v) is 4.52. The number of amides is 1. The van der Waals surface area contributed by atoms with Crippen LogP contribution in [0.2, 0.25) is 0 Å². The van der Waals surface area contributed by atoms with Crippen molar-refractivity contribution in [1.29, 1.82) is 0 Å². The summed E-state index contributed by atoms with van der Waals surface area (Å²) in [6, 6.07) is 18.2. The normalized spacial score (nSPS) is 11.0. The van der Waals surface area contributed by atoms with E-state index in [1.807, 2.05) is 54.8 Å². The number of anilines is 1. The molecule has 0 aliphatic rings. The molecule has 0 fully saturated rings. The second-order valence-electron chi connectivity index (χ2n) is 7.98. The van der Waals surface area contributed by atoms with Gasteiger partial charge in [0.2, 0.25) is 5.91 Å². The Hall–Kier alpha value is -3.32. The number of ether oxygens (including phenoxy) is 1. The molecule has 170 valence electrons. The van der Waals surface area contributed by atoms with Crippen molar-refractivity contribution in [3.63, 3.8) is 0 Å². The number of benzene rings is 3. The van der Waals surface area contributed by atoms with E-state index in [-0.39, 0.29) is 11.7 Å². The molecule has 0 bridgehead atoms. The molecule has 0 saturated carbocycles. The summed E-state index contributed by atoms with van der Waals surface area (Å²) in [6.07, 6.45) is 0. The standard InChI is InChI=1S/C26H28N4O2S/c1-5-30-24(15-32-23-13-11-20-8-6-7-9-22(20)19(23)4)28-29-26(30)33-16-25(31)27-21-12-10-17(2)18(3)14-21/h6-14H,5,15-16H2,1-4H3,(H,27,31). The molecule has 3 aromatic carbocycles. The predicted octanol–water partition coefficient (Wildman–Crippen LogP) is 5.69. The van der Waals surface area contributed by atoms with Crippen molar-refractivity contribution >= 4 is 34.1 Å². The third-order valence-electron chi connectivity index (χ3n) is 5.74. The fourth-order valence-electron chi connectivity index (χ4n) is 3.70. The smallest absolute Gasteiger partial charge is 0.234 e. The summed E-state index contributed by atoms with van der Waals surface area (Å²) in [5.41, 5.74) is 4.26. The fraction of sp³-hybridized carbons (Fsp3) is 0.269. The zero-order chi connectivity index (χ0) is 23.4. The van der Waals surface area contributed by atoms with Gasteiger partial charge in [0.1, 0.15) is 12.4 Å². The van der Waals surface area contributed by atoms with Crippen molar-refractivity contribution in [3.8, 4) is 5.75 Å². The van der Waals surface area contributed by atoms with Crippen LogP contribution in [0.15, 0.2) is 59.8 Å². The minimum Gasteiger partial charge on any atom is -0.485 e. The molecule has 0 aliphatic carbocycles. The number of nitrogens with zero attached hydrogens (tertiary/aromatic N) is 3. The largest absolute Gasteiger partial charge is 0.485 e. The molecule has 0 aliphatic heterocycles. The molecule has 4 rings (SSSR count). The third kappa shape index (κ3) is 5.20. The Morgan fingerprint density at radius 3 is 2.64 bits per heavy atom. The van der Waals surface area contributed by atoms with Crippen LogP contribution in [0.1, 0.15) is 29.4 Å². The lowest BCUT2D eigenvalue weighted by Crippen LogP contribution is -2.15. The van der Waals surface area contributed by atoms with Crippen LogP contribution in [-0.4, -0.2) is 26.4 Å². The first-order valence-electron chi connectivity index (χ1n) is 11.0. The van der Waals surface area contributed by atoms with Gasteiger partial charge in [-0.1, -0.05) is 48.2 Å². The molecule has 0 atom stereocenters. The maximum Gasteiger partial charge on any atom is 0.234 e. The molecule has 0 radical (unpaired) electrons. The van der Waals surface area contributed by atoms with Crippen molar-refractivity contribution in [2.75, 3.05) is 11.1 Å². The van der Waals surface area contributed by atoms with E-state index in [1.54, 1.807) is 0 Å². The van der Waals surface area contributed by atoms with Gasteiger partial charge in [-0.25, -0.2) is 0 Å². The number of fused-ring (bicyclic) bond motifs is 1. The Balaban J connectivity index is 1.39. The molecule has 0 unspecified atom stereocenters. The summed E-state index contributed by atoms with van der Waals surface area (Å²) in [5.74, 6) is 1.76. The number of carbonyl (C=O) groups is 1. The maximum atomic E-state index is 12.4. The van der Waals surface area contributed by atoms with Gasteiger partial charge < -0.3 is 14.6 Å².